The highest BCUT2D eigenvalue weighted by Crippen LogP contribution is 2.53. The summed E-state index contributed by atoms with van der Waals surface area (Å²) < 4.78 is 31.7. The van der Waals surface area contributed by atoms with E-state index in [4.69, 9.17) is 10.7 Å². The van der Waals surface area contributed by atoms with Crippen molar-refractivity contribution in [1.82, 2.24) is 19.9 Å². The van der Waals surface area contributed by atoms with Gasteiger partial charge in [-0.2, -0.15) is 8.78 Å². The molecular weight excluding hydrogens is 328 g/mol. The van der Waals surface area contributed by atoms with Gasteiger partial charge in [0, 0.05) is 43.0 Å². The van der Waals surface area contributed by atoms with Crippen LogP contribution in [0.1, 0.15) is 31.6 Å². The zero-order valence-corrected chi connectivity index (χ0v) is 14.1. The molecule has 134 valence electrons. The lowest BCUT2D eigenvalue weighted by Crippen LogP contribution is -2.17. The number of nitrogens with zero attached hydrogens (tertiary/aromatic N) is 3. The fourth-order valence-corrected chi connectivity index (χ4v) is 3.80. The Hall–Kier alpha value is -2.22. The van der Waals surface area contributed by atoms with Crippen LogP contribution in [0.3, 0.4) is 0 Å². The molecule has 3 atom stereocenters. The lowest BCUT2D eigenvalue weighted by atomic mass is 10.2. The molecule has 2 fully saturated rings. The summed E-state index contributed by atoms with van der Waals surface area (Å²) in [5.41, 5.74) is 6.94. The van der Waals surface area contributed by atoms with E-state index in [2.05, 4.69) is 33.5 Å². The Balaban J connectivity index is 1.69. The van der Waals surface area contributed by atoms with E-state index < -0.39 is 6.61 Å². The minimum atomic E-state index is -2.94. The number of hydrogen-bond donors (Lipinski definition) is 2. The second-order valence-electron chi connectivity index (χ2n) is 7.01. The number of fused-ring (bicyclic) bond motifs is 1. The number of alkyl halides is 2. The highest BCUT2D eigenvalue weighted by molar-refractivity contribution is 5.64. The molecule has 0 bridgehead atoms. The third kappa shape index (κ3) is 2.84. The second kappa shape index (κ2) is 5.94. The predicted molar refractivity (Wildman–Crippen MR) is 89.5 cm³/mol. The van der Waals surface area contributed by atoms with Crippen LogP contribution in [0.4, 0.5) is 14.6 Å². The van der Waals surface area contributed by atoms with Crippen LogP contribution in [0.25, 0.3) is 11.3 Å². The Morgan fingerprint density at radius 1 is 1.32 bits per heavy atom. The number of nitrogen functional groups attached to an aromatic ring is 1. The predicted octanol–water partition coefficient (Wildman–Crippen LogP) is 2.64. The SMILES string of the molecule is CC(C)c1nc(-c2cnc(N)c(OC(F)F)c2)cn1[C@@H]1[C@@H]2CNC[C@@H]21. The van der Waals surface area contributed by atoms with Gasteiger partial charge in [0.2, 0.25) is 0 Å². The van der Waals surface area contributed by atoms with Gasteiger partial charge in [-0.1, -0.05) is 13.8 Å². The van der Waals surface area contributed by atoms with E-state index in [1.807, 2.05) is 6.20 Å². The van der Waals surface area contributed by atoms with E-state index in [0.717, 1.165) is 18.9 Å². The molecule has 8 heteroatoms. The number of imidazole rings is 1. The van der Waals surface area contributed by atoms with Crippen LogP contribution in [0.2, 0.25) is 0 Å². The van der Waals surface area contributed by atoms with Gasteiger partial charge in [-0.05, 0) is 17.9 Å². The maximum Gasteiger partial charge on any atom is 0.387 e. The van der Waals surface area contributed by atoms with Gasteiger partial charge >= 0.3 is 6.61 Å². The van der Waals surface area contributed by atoms with Crippen LogP contribution in [0.5, 0.6) is 5.75 Å². The minimum absolute atomic E-state index is 0.0598. The molecule has 3 heterocycles. The summed E-state index contributed by atoms with van der Waals surface area (Å²) >= 11 is 0. The number of piperidine rings is 1. The maximum absolute atomic E-state index is 12.5. The van der Waals surface area contributed by atoms with E-state index in [9.17, 15) is 8.78 Å². The van der Waals surface area contributed by atoms with E-state index in [1.165, 1.54) is 6.07 Å². The Labute approximate surface area is 144 Å². The van der Waals surface area contributed by atoms with Gasteiger partial charge in [0.15, 0.2) is 11.6 Å². The molecule has 1 saturated heterocycles. The van der Waals surface area contributed by atoms with Crippen molar-refractivity contribution in [2.24, 2.45) is 11.8 Å². The van der Waals surface area contributed by atoms with Gasteiger partial charge in [-0.3, -0.25) is 0 Å². The molecule has 0 unspecified atom stereocenters. The standard InChI is InChI=1S/C17H21F2N5O/c1-8(2)16-23-12(7-24(16)14-10-5-21-6-11(10)14)9-3-13(25-17(18)19)15(20)22-4-9/h3-4,7-8,10-11,14,17,21H,5-6H2,1-2H3,(H2,20,22)/t10-,11+,14-. The molecule has 1 aliphatic carbocycles. The van der Waals surface area contributed by atoms with Gasteiger partial charge < -0.3 is 20.4 Å². The molecule has 1 saturated carbocycles. The molecule has 6 nitrogen and oxygen atoms in total. The van der Waals surface area contributed by atoms with Crippen LogP contribution in [-0.2, 0) is 0 Å². The first kappa shape index (κ1) is 16.3. The highest BCUT2D eigenvalue weighted by Gasteiger charge is 2.54. The highest BCUT2D eigenvalue weighted by atomic mass is 19.3. The average Bonchev–Trinajstić information content (AvgIpc) is 2.94. The third-order valence-corrected chi connectivity index (χ3v) is 5.04. The molecule has 2 aromatic heterocycles. The van der Waals surface area contributed by atoms with Crippen molar-refractivity contribution >= 4 is 5.82 Å². The van der Waals surface area contributed by atoms with Crippen molar-refractivity contribution in [2.75, 3.05) is 18.8 Å². The van der Waals surface area contributed by atoms with Crippen LogP contribution in [0.15, 0.2) is 18.5 Å². The maximum atomic E-state index is 12.5. The number of rotatable bonds is 5. The van der Waals surface area contributed by atoms with Crippen LogP contribution in [0, 0.1) is 11.8 Å². The first-order chi connectivity index (χ1) is 12.0. The van der Waals surface area contributed by atoms with Gasteiger partial charge in [0.1, 0.15) is 5.82 Å². The van der Waals surface area contributed by atoms with Crippen molar-refractivity contribution < 1.29 is 13.5 Å². The molecule has 4 rings (SSSR count). The smallest absolute Gasteiger partial charge is 0.387 e. The zero-order valence-electron chi connectivity index (χ0n) is 14.1. The first-order valence-electron chi connectivity index (χ1n) is 8.46. The second-order valence-corrected chi connectivity index (χ2v) is 7.01. The van der Waals surface area contributed by atoms with Crippen molar-refractivity contribution in [3.63, 3.8) is 0 Å². The Bertz CT molecular complexity index is 781. The molecule has 2 aliphatic rings. The fraction of sp³-hybridized carbons (Fsp3) is 0.529. The van der Waals surface area contributed by atoms with Crippen molar-refractivity contribution in [1.29, 1.82) is 0 Å². The van der Waals surface area contributed by atoms with Gasteiger partial charge in [-0.15, -0.1) is 0 Å². The number of anilines is 1. The Morgan fingerprint density at radius 3 is 2.68 bits per heavy atom. The number of hydrogen-bond acceptors (Lipinski definition) is 5. The average molecular weight is 349 g/mol. The summed E-state index contributed by atoms with van der Waals surface area (Å²) in [7, 11) is 0. The Kier molecular flexibility index (Phi) is 3.87. The summed E-state index contributed by atoms with van der Waals surface area (Å²) in [4.78, 5) is 8.71. The number of pyridine rings is 1. The van der Waals surface area contributed by atoms with Crippen molar-refractivity contribution in [2.45, 2.75) is 32.4 Å². The quantitative estimate of drug-likeness (QED) is 0.868. The van der Waals surface area contributed by atoms with Crippen molar-refractivity contribution in [3.05, 3.63) is 24.3 Å². The third-order valence-electron chi connectivity index (χ3n) is 5.04. The summed E-state index contributed by atoms with van der Waals surface area (Å²) in [5, 5.41) is 3.40. The molecular formula is C17H21F2N5O. The topological polar surface area (TPSA) is 78.0 Å². The van der Waals surface area contributed by atoms with E-state index in [-0.39, 0.29) is 17.5 Å². The van der Waals surface area contributed by atoms with E-state index in [0.29, 0.717) is 29.1 Å². The summed E-state index contributed by atoms with van der Waals surface area (Å²) in [6.45, 7) is 3.34. The molecule has 25 heavy (non-hydrogen) atoms. The number of nitrogens with one attached hydrogen (secondary N) is 1. The molecule has 2 aromatic rings. The molecule has 3 N–H and O–H groups in total. The normalized spacial score (nSPS) is 24.8. The zero-order chi connectivity index (χ0) is 17.7. The lowest BCUT2D eigenvalue weighted by Gasteiger charge is -2.12. The lowest BCUT2D eigenvalue weighted by molar-refractivity contribution is -0.0494. The summed E-state index contributed by atoms with van der Waals surface area (Å²) in [6, 6.07) is 1.94. The van der Waals surface area contributed by atoms with Gasteiger partial charge in [-0.25, -0.2) is 9.97 Å². The molecule has 0 aromatic carbocycles. The summed E-state index contributed by atoms with van der Waals surface area (Å²) in [6.07, 6.45) is 3.54. The largest absolute Gasteiger partial charge is 0.431 e. The molecule has 1 aliphatic heterocycles. The number of nitrogens with two attached hydrogens (primary N) is 1. The monoisotopic (exact) mass is 349 g/mol. The minimum Gasteiger partial charge on any atom is -0.431 e. The van der Waals surface area contributed by atoms with Crippen LogP contribution < -0.4 is 15.8 Å². The van der Waals surface area contributed by atoms with Crippen LogP contribution in [-0.4, -0.2) is 34.2 Å². The molecule has 0 radical (unpaired) electrons. The fourth-order valence-electron chi connectivity index (χ4n) is 3.80. The molecule has 0 spiro atoms. The van der Waals surface area contributed by atoms with Gasteiger partial charge in [0.05, 0.1) is 5.69 Å². The number of ether oxygens (including phenoxy) is 1. The van der Waals surface area contributed by atoms with Crippen LogP contribution >= 0.6 is 0 Å². The first-order valence-corrected chi connectivity index (χ1v) is 8.46. The Morgan fingerprint density at radius 2 is 2.04 bits per heavy atom. The summed E-state index contributed by atoms with van der Waals surface area (Å²) in [5.74, 6) is 2.39. The van der Waals surface area contributed by atoms with E-state index in [1.54, 1.807) is 6.20 Å². The molecule has 0 amide bonds. The van der Waals surface area contributed by atoms with Gasteiger partial charge in [0.25, 0.3) is 0 Å². The number of aromatic nitrogens is 3. The van der Waals surface area contributed by atoms with Crippen molar-refractivity contribution in [3.8, 4) is 17.0 Å². The number of halogens is 2. The van der Waals surface area contributed by atoms with E-state index >= 15 is 0 Å².